The van der Waals surface area contributed by atoms with Crippen LogP contribution in [0.3, 0.4) is 0 Å². The van der Waals surface area contributed by atoms with Gasteiger partial charge in [0.25, 0.3) is 0 Å². The molecule has 294 valence electrons. The summed E-state index contributed by atoms with van der Waals surface area (Å²) in [5, 5.41) is 2.52. The Morgan fingerprint density at radius 3 is 1.02 bits per heavy atom. The number of nitrogens with zero attached hydrogens (tertiary/aromatic N) is 3. The van der Waals surface area contributed by atoms with Crippen LogP contribution in [0.5, 0.6) is 0 Å². The molecular weight excluding hydrogens is 771 g/mol. The average Bonchev–Trinajstić information content (AvgIpc) is 3.98. The van der Waals surface area contributed by atoms with E-state index in [1.807, 2.05) is 11.3 Å². The molecule has 0 spiro atoms. The van der Waals surface area contributed by atoms with Crippen molar-refractivity contribution < 1.29 is 0 Å². The van der Waals surface area contributed by atoms with Crippen molar-refractivity contribution in [3.8, 4) is 37.7 Å². The number of rotatable bonds is 10. The van der Waals surface area contributed by atoms with Gasteiger partial charge in [0.1, 0.15) is 0 Å². The first-order chi connectivity index (χ1) is 30.7. The molecule has 0 aliphatic heterocycles. The lowest BCUT2D eigenvalue weighted by Gasteiger charge is -2.26. The Bertz CT molecular complexity index is 3150. The zero-order chi connectivity index (χ0) is 41.2. The van der Waals surface area contributed by atoms with Gasteiger partial charge in [-0.15, -0.1) is 11.3 Å². The summed E-state index contributed by atoms with van der Waals surface area (Å²) in [6.07, 6.45) is 0. The van der Waals surface area contributed by atoms with Crippen molar-refractivity contribution in [1.29, 1.82) is 0 Å². The highest BCUT2D eigenvalue weighted by molar-refractivity contribution is 7.18. The van der Waals surface area contributed by atoms with Gasteiger partial charge in [0.2, 0.25) is 0 Å². The summed E-state index contributed by atoms with van der Waals surface area (Å²) in [5.74, 6) is 0. The molecule has 9 aromatic carbocycles. The normalized spacial score (nSPS) is 11.2. The predicted octanol–water partition coefficient (Wildman–Crippen LogP) is 16.8. The van der Waals surface area contributed by atoms with Crippen molar-refractivity contribution in [1.82, 2.24) is 4.57 Å². The standard InChI is InChI=1S/C58H41N3S/c1-4-14-44(15-5-1)57-40-41-58(62-57)45-28-34-50(35-29-45)60(51-36-38-52(39-37-51)61-55-22-12-10-20-53(55)54-21-11-13-23-56(54)61)49-32-26-43(27-33-49)42-24-30-48(31-25-42)59(46-16-6-2-7-17-46)47-18-8-3-9-19-47/h1-41H. The fourth-order valence-corrected chi connectivity index (χ4v) is 9.65. The molecule has 3 nitrogen and oxygen atoms in total. The largest absolute Gasteiger partial charge is 0.311 e. The molecule has 62 heavy (non-hydrogen) atoms. The monoisotopic (exact) mass is 811 g/mol. The molecular formula is C58H41N3S. The Labute approximate surface area is 366 Å². The number of hydrogen-bond acceptors (Lipinski definition) is 3. The SMILES string of the molecule is c1ccc(-c2ccc(-c3ccc(N(c4ccc(-c5ccc(N(c6ccccc6)c6ccccc6)cc5)cc4)c4ccc(-n5c6ccccc6c6ccccc65)cc4)cc3)s2)cc1. The lowest BCUT2D eigenvalue weighted by Crippen LogP contribution is -2.10. The van der Waals surface area contributed by atoms with Gasteiger partial charge in [0.05, 0.1) is 11.0 Å². The third-order valence-corrected chi connectivity index (χ3v) is 12.8. The number of anilines is 6. The van der Waals surface area contributed by atoms with Crippen LogP contribution >= 0.6 is 11.3 Å². The summed E-state index contributed by atoms with van der Waals surface area (Å²) in [5.41, 5.74) is 14.9. The summed E-state index contributed by atoms with van der Waals surface area (Å²) in [7, 11) is 0. The molecule has 0 fully saturated rings. The average molecular weight is 812 g/mol. The lowest BCUT2D eigenvalue weighted by molar-refractivity contribution is 1.17. The second-order valence-corrected chi connectivity index (χ2v) is 16.5. The molecule has 0 aliphatic rings. The molecule has 0 radical (unpaired) electrons. The molecule has 11 aromatic rings. The minimum atomic E-state index is 1.09. The molecule has 0 saturated carbocycles. The summed E-state index contributed by atoms with van der Waals surface area (Å²) >= 11 is 1.83. The third kappa shape index (κ3) is 7.02. The second-order valence-electron chi connectivity index (χ2n) is 15.4. The van der Waals surface area contributed by atoms with E-state index in [4.69, 9.17) is 0 Å². The molecule has 2 heterocycles. The van der Waals surface area contributed by atoms with Crippen LogP contribution in [0.1, 0.15) is 0 Å². The Morgan fingerprint density at radius 1 is 0.258 bits per heavy atom. The Kier molecular flexibility index (Phi) is 9.74. The molecule has 0 amide bonds. The van der Waals surface area contributed by atoms with E-state index in [9.17, 15) is 0 Å². The third-order valence-electron chi connectivity index (χ3n) is 11.6. The highest BCUT2D eigenvalue weighted by Gasteiger charge is 2.17. The maximum Gasteiger partial charge on any atom is 0.0541 e. The highest BCUT2D eigenvalue weighted by Crippen LogP contribution is 2.41. The van der Waals surface area contributed by atoms with Gasteiger partial charge >= 0.3 is 0 Å². The molecule has 11 rings (SSSR count). The molecule has 0 atom stereocenters. The quantitative estimate of drug-likeness (QED) is 0.136. The molecule has 0 saturated heterocycles. The van der Waals surface area contributed by atoms with Crippen molar-refractivity contribution >= 4 is 67.3 Å². The van der Waals surface area contributed by atoms with E-state index in [-0.39, 0.29) is 0 Å². The Balaban J connectivity index is 0.939. The summed E-state index contributed by atoms with van der Waals surface area (Å²) in [4.78, 5) is 7.18. The first-order valence-corrected chi connectivity index (χ1v) is 21.8. The van der Waals surface area contributed by atoms with E-state index >= 15 is 0 Å². The van der Waals surface area contributed by atoms with Crippen LogP contribution in [0, 0.1) is 0 Å². The fourth-order valence-electron chi connectivity index (χ4n) is 8.63. The smallest absolute Gasteiger partial charge is 0.0541 e. The molecule has 0 unspecified atom stereocenters. The summed E-state index contributed by atoms with van der Waals surface area (Å²) < 4.78 is 2.37. The van der Waals surface area contributed by atoms with Crippen LogP contribution in [-0.4, -0.2) is 4.57 Å². The molecule has 4 heteroatoms. The number of benzene rings is 9. The van der Waals surface area contributed by atoms with Crippen molar-refractivity contribution in [3.63, 3.8) is 0 Å². The topological polar surface area (TPSA) is 11.4 Å². The van der Waals surface area contributed by atoms with E-state index in [0.29, 0.717) is 0 Å². The van der Waals surface area contributed by atoms with Crippen LogP contribution in [0.15, 0.2) is 249 Å². The molecule has 0 aliphatic carbocycles. The minimum Gasteiger partial charge on any atom is -0.311 e. The van der Waals surface area contributed by atoms with Crippen LogP contribution in [0.4, 0.5) is 34.1 Å². The zero-order valence-corrected chi connectivity index (χ0v) is 34.7. The molecule has 2 aromatic heterocycles. The maximum absolute atomic E-state index is 2.37. The van der Waals surface area contributed by atoms with Crippen molar-refractivity contribution in [2.45, 2.75) is 0 Å². The van der Waals surface area contributed by atoms with Gasteiger partial charge in [0, 0.05) is 60.3 Å². The number of thiophene rings is 1. The van der Waals surface area contributed by atoms with Gasteiger partial charge in [-0.05, 0) is 131 Å². The number of aromatic nitrogens is 1. The number of para-hydroxylation sites is 4. The van der Waals surface area contributed by atoms with Crippen LogP contribution < -0.4 is 9.80 Å². The van der Waals surface area contributed by atoms with Gasteiger partial charge in [-0.1, -0.05) is 140 Å². The number of fused-ring (bicyclic) bond motifs is 3. The van der Waals surface area contributed by atoms with E-state index in [0.717, 1.165) is 45.4 Å². The Hall–Kier alpha value is -7.92. The second kappa shape index (κ2) is 16.3. The maximum atomic E-state index is 2.37. The highest BCUT2D eigenvalue weighted by atomic mass is 32.1. The van der Waals surface area contributed by atoms with Gasteiger partial charge in [-0.3, -0.25) is 0 Å². The van der Waals surface area contributed by atoms with Gasteiger partial charge in [-0.25, -0.2) is 0 Å². The fraction of sp³-hybridized carbons (Fsp3) is 0. The first-order valence-electron chi connectivity index (χ1n) is 21.0. The van der Waals surface area contributed by atoms with E-state index < -0.39 is 0 Å². The van der Waals surface area contributed by atoms with Crippen molar-refractivity contribution in [2.75, 3.05) is 9.80 Å². The zero-order valence-electron chi connectivity index (χ0n) is 33.9. The van der Waals surface area contributed by atoms with Crippen LogP contribution in [0.25, 0.3) is 59.5 Å². The number of hydrogen-bond donors (Lipinski definition) is 0. The summed E-state index contributed by atoms with van der Waals surface area (Å²) in [6.45, 7) is 0. The Morgan fingerprint density at radius 2 is 0.581 bits per heavy atom. The first kappa shape index (κ1) is 37.1. The molecule has 0 bridgehead atoms. The lowest BCUT2D eigenvalue weighted by atomic mass is 10.0. The van der Waals surface area contributed by atoms with Crippen molar-refractivity contribution in [3.05, 3.63) is 249 Å². The van der Waals surface area contributed by atoms with Crippen LogP contribution in [0.2, 0.25) is 0 Å². The summed E-state index contributed by atoms with van der Waals surface area (Å²) in [6, 6.07) is 89.3. The van der Waals surface area contributed by atoms with E-state index in [1.165, 1.54) is 48.3 Å². The van der Waals surface area contributed by atoms with E-state index in [1.54, 1.807) is 0 Å². The van der Waals surface area contributed by atoms with Crippen LogP contribution in [-0.2, 0) is 0 Å². The van der Waals surface area contributed by atoms with E-state index in [2.05, 4.69) is 263 Å². The molecule has 0 N–H and O–H groups in total. The predicted molar refractivity (Wildman–Crippen MR) is 264 cm³/mol. The van der Waals surface area contributed by atoms with Gasteiger partial charge in [0.15, 0.2) is 0 Å². The van der Waals surface area contributed by atoms with Gasteiger partial charge in [-0.2, -0.15) is 0 Å². The van der Waals surface area contributed by atoms with Crippen molar-refractivity contribution in [2.24, 2.45) is 0 Å². The van der Waals surface area contributed by atoms with Gasteiger partial charge < -0.3 is 14.4 Å². The minimum absolute atomic E-state index is 1.09.